The summed E-state index contributed by atoms with van der Waals surface area (Å²) >= 11 is 0. The molecule has 0 bridgehead atoms. The molecule has 0 aromatic carbocycles. The average molecular weight is 207 g/mol. The van der Waals surface area contributed by atoms with Crippen molar-refractivity contribution in [1.29, 1.82) is 0 Å². The fraction of sp³-hybridized carbons (Fsp3) is 0.750. The minimum absolute atomic E-state index is 0.00545. The number of nitrogens with two attached hydrogens (primary N) is 1. The second-order valence-corrected chi connectivity index (χ2v) is 5.21. The van der Waals surface area contributed by atoms with Gasteiger partial charge in [-0.2, -0.15) is 0 Å². The third kappa shape index (κ3) is 3.47. The Kier molecular flexibility index (Phi) is 3.62. The first-order valence-electron chi connectivity index (χ1n) is 5.49. The lowest BCUT2D eigenvalue weighted by molar-refractivity contribution is 0.349. The molecular formula is C12H21N3. The number of rotatable bonds is 2. The molecule has 0 saturated heterocycles. The summed E-state index contributed by atoms with van der Waals surface area (Å²) < 4.78 is 0. The molecule has 1 aliphatic carbocycles. The van der Waals surface area contributed by atoms with Gasteiger partial charge in [0.05, 0.1) is 12.1 Å². The summed E-state index contributed by atoms with van der Waals surface area (Å²) in [5.41, 5.74) is 5.80. The summed E-state index contributed by atoms with van der Waals surface area (Å²) in [6, 6.07) is 0.345. The maximum atomic E-state index is 5.80. The van der Waals surface area contributed by atoms with Gasteiger partial charge in [0, 0.05) is 0 Å². The van der Waals surface area contributed by atoms with Crippen LogP contribution in [0.1, 0.15) is 40.0 Å². The topological polar surface area (TPSA) is 50.4 Å². The van der Waals surface area contributed by atoms with Crippen molar-refractivity contribution in [3.63, 3.8) is 0 Å². The van der Waals surface area contributed by atoms with Crippen LogP contribution in [0.2, 0.25) is 0 Å². The van der Waals surface area contributed by atoms with E-state index < -0.39 is 0 Å². The summed E-state index contributed by atoms with van der Waals surface area (Å²) in [5, 5.41) is 3.10. The highest BCUT2D eigenvalue weighted by molar-refractivity contribution is 5.78. The minimum atomic E-state index is -0.0682. The molecule has 0 radical (unpaired) electrons. The monoisotopic (exact) mass is 207 g/mol. The molecule has 1 saturated carbocycles. The summed E-state index contributed by atoms with van der Waals surface area (Å²) in [4.78, 5) is 4.37. The van der Waals surface area contributed by atoms with Crippen LogP contribution in [0, 0.1) is 17.8 Å². The van der Waals surface area contributed by atoms with E-state index in [-0.39, 0.29) is 11.5 Å². The van der Waals surface area contributed by atoms with Crippen molar-refractivity contribution in [2.24, 2.45) is 16.1 Å². The lowest BCUT2D eigenvalue weighted by Crippen LogP contribution is -2.46. The zero-order chi connectivity index (χ0) is 11.5. The normalized spacial score (nSPS) is 20.3. The van der Waals surface area contributed by atoms with Crippen molar-refractivity contribution in [2.75, 3.05) is 0 Å². The highest BCUT2D eigenvalue weighted by atomic mass is 15.1. The number of guanidine groups is 1. The predicted octanol–water partition coefficient (Wildman–Crippen LogP) is 1.49. The minimum Gasteiger partial charge on any atom is -0.370 e. The first-order valence-corrected chi connectivity index (χ1v) is 5.49. The van der Waals surface area contributed by atoms with Gasteiger partial charge < -0.3 is 11.1 Å². The zero-order valence-corrected chi connectivity index (χ0v) is 9.88. The third-order valence-electron chi connectivity index (χ3n) is 2.72. The Bertz CT molecular complexity index is 276. The van der Waals surface area contributed by atoms with E-state index in [0.717, 1.165) is 12.8 Å². The molecule has 15 heavy (non-hydrogen) atoms. The average Bonchev–Trinajstić information content (AvgIpc) is 2.05. The van der Waals surface area contributed by atoms with Crippen molar-refractivity contribution in [3.05, 3.63) is 0 Å². The molecule has 0 aliphatic heterocycles. The molecule has 0 aromatic rings. The smallest absolute Gasteiger partial charge is 0.189 e. The van der Waals surface area contributed by atoms with Crippen LogP contribution in [0.4, 0.5) is 0 Å². The van der Waals surface area contributed by atoms with E-state index in [0.29, 0.717) is 12.0 Å². The Hall–Kier alpha value is -1.17. The lowest BCUT2D eigenvalue weighted by atomic mass is 9.87. The molecule has 1 unspecified atom stereocenters. The first kappa shape index (κ1) is 11.9. The number of aliphatic imine (C=N–C) groups is 1. The van der Waals surface area contributed by atoms with Crippen LogP contribution in [0.5, 0.6) is 0 Å². The van der Waals surface area contributed by atoms with E-state index in [1.54, 1.807) is 0 Å². The molecule has 1 rings (SSSR count). The van der Waals surface area contributed by atoms with Crippen LogP contribution >= 0.6 is 0 Å². The van der Waals surface area contributed by atoms with Gasteiger partial charge in [0.25, 0.3) is 0 Å². The van der Waals surface area contributed by atoms with Gasteiger partial charge in [-0.3, -0.25) is 4.99 Å². The Labute approximate surface area is 92.5 Å². The first-order chi connectivity index (χ1) is 6.93. The van der Waals surface area contributed by atoms with Gasteiger partial charge in [-0.05, 0) is 24.7 Å². The van der Waals surface area contributed by atoms with E-state index in [1.165, 1.54) is 6.42 Å². The molecule has 1 fully saturated rings. The molecule has 3 N–H and O–H groups in total. The summed E-state index contributed by atoms with van der Waals surface area (Å²) in [6.45, 7) is 6.25. The molecule has 1 aliphatic rings. The number of hydrogen-bond acceptors (Lipinski definition) is 1. The molecule has 3 nitrogen and oxygen atoms in total. The summed E-state index contributed by atoms with van der Waals surface area (Å²) in [6.07, 6.45) is 9.03. The van der Waals surface area contributed by atoms with E-state index in [2.05, 4.69) is 37.0 Å². The van der Waals surface area contributed by atoms with Gasteiger partial charge in [0.1, 0.15) is 0 Å². The molecule has 0 amide bonds. The Morgan fingerprint density at radius 3 is 2.47 bits per heavy atom. The van der Waals surface area contributed by atoms with Crippen LogP contribution < -0.4 is 11.1 Å². The maximum absolute atomic E-state index is 5.80. The van der Waals surface area contributed by atoms with Crippen molar-refractivity contribution < 1.29 is 0 Å². The quantitative estimate of drug-likeness (QED) is 0.409. The number of terminal acetylenes is 1. The van der Waals surface area contributed by atoms with Crippen LogP contribution in [-0.2, 0) is 0 Å². The van der Waals surface area contributed by atoms with Gasteiger partial charge in [-0.25, -0.2) is 0 Å². The molecule has 84 valence electrons. The van der Waals surface area contributed by atoms with Gasteiger partial charge >= 0.3 is 0 Å². The van der Waals surface area contributed by atoms with Gasteiger partial charge in [-0.15, -0.1) is 6.42 Å². The van der Waals surface area contributed by atoms with E-state index in [1.807, 2.05) is 0 Å². The maximum Gasteiger partial charge on any atom is 0.189 e. The molecule has 0 heterocycles. The van der Waals surface area contributed by atoms with Crippen molar-refractivity contribution in [1.82, 2.24) is 5.32 Å². The molecular weight excluding hydrogens is 186 g/mol. The van der Waals surface area contributed by atoms with Gasteiger partial charge in [-0.1, -0.05) is 26.7 Å². The Balaban J connectivity index is 2.51. The van der Waals surface area contributed by atoms with Crippen LogP contribution in [0.25, 0.3) is 0 Å². The second kappa shape index (κ2) is 4.57. The molecule has 0 spiro atoms. The second-order valence-electron chi connectivity index (χ2n) is 5.21. The molecule has 3 heteroatoms. The highest BCUT2D eigenvalue weighted by Gasteiger charge is 2.23. The lowest BCUT2D eigenvalue weighted by Gasteiger charge is -2.28. The van der Waals surface area contributed by atoms with Crippen molar-refractivity contribution in [3.8, 4) is 12.3 Å². The Morgan fingerprint density at radius 2 is 2.13 bits per heavy atom. The standard InChI is InChI=1S/C12H21N3/c1-5-10(12(2,3)4)15-11(13)14-9-7-6-8-9/h1,9-10H,6-8H2,2-4H3,(H3,13,14,15). The van der Waals surface area contributed by atoms with Crippen LogP contribution in [0.3, 0.4) is 0 Å². The predicted molar refractivity (Wildman–Crippen MR) is 64.5 cm³/mol. The van der Waals surface area contributed by atoms with Gasteiger partial charge in [0.2, 0.25) is 0 Å². The van der Waals surface area contributed by atoms with E-state index >= 15 is 0 Å². The van der Waals surface area contributed by atoms with Crippen LogP contribution in [-0.4, -0.2) is 18.0 Å². The fourth-order valence-corrected chi connectivity index (χ4v) is 1.41. The Morgan fingerprint density at radius 1 is 1.53 bits per heavy atom. The largest absolute Gasteiger partial charge is 0.370 e. The number of nitrogens with one attached hydrogen (secondary N) is 1. The number of hydrogen-bond donors (Lipinski definition) is 2. The molecule has 1 atom stereocenters. The van der Waals surface area contributed by atoms with E-state index in [9.17, 15) is 0 Å². The van der Waals surface area contributed by atoms with Crippen molar-refractivity contribution in [2.45, 2.75) is 52.1 Å². The molecule has 0 aromatic heterocycles. The SMILES string of the molecule is C#CC(NC(N)=NC1CCC1)C(C)(C)C. The summed E-state index contributed by atoms with van der Waals surface area (Å²) in [5.74, 6) is 3.19. The van der Waals surface area contributed by atoms with Crippen molar-refractivity contribution >= 4 is 5.96 Å². The fourth-order valence-electron chi connectivity index (χ4n) is 1.41. The summed E-state index contributed by atoms with van der Waals surface area (Å²) in [7, 11) is 0. The van der Waals surface area contributed by atoms with Crippen LogP contribution in [0.15, 0.2) is 4.99 Å². The third-order valence-corrected chi connectivity index (χ3v) is 2.72. The van der Waals surface area contributed by atoms with Gasteiger partial charge in [0.15, 0.2) is 5.96 Å². The zero-order valence-electron chi connectivity index (χ0n) is 9.88. The highest BCUT2D eigenvalue weighted by Crippen LogP contribution is 2.22. The number of nitrogens with zero attached hydrogens (tertiary/aromatic N) is 1. The van der Waals surface area contributed by atoms with E-state index in [4.69, 9.17) is 12.2 Å².